The summed E-state index contributed by atoms with van der Waals surface area (Å²) in [5, 5.41) is 20.3. The van der Waals surface area contributed by atoms with Crippen LogP contribution in [-0.4, -0.2) is 28.1 Å². The van der Waals surface area contributed by atoms with Gasteiger partial charge in [0.05, 0.1) is 11.4 Å². The summed E-state index contributed by atoms with van der Waals surface area (Å²) in [6.45, 7) is 1.59. The molecule has 0 radical (unpaired) electrons. The van der Waals surface area contributed by atoms with Gasteiger partial charge in [-0.3, -0.25) is 9.59 Å². The largest absolute Gasteiger partial charge is 0.506 e. The molecule has 0 saturated carbocycles. The molecular formula is C11H12ClNO4. The maximum atomic E-state index is 11.7. The standard InChI is InChI=1S/C11H12ClNO4/c1-6(4-10(15)16)13-11(17)7-2-3-9(14)8(12)5-7/h2-3,5-6,14H,4H2,1H3,(H,13,17)(H,15,16). The Morgan fingerprint density at radius 2 is 2.12 bits per heavy atom. The van der Waals surface area contributed by atoms with E-state index >= 15 is 0 Å². The van der Waals surface area contributed by atoms with Crippen LogP contribution in [0.1, 0.15) is 23.7 Å². The van der Waals surface area contributed by atoms with E-state index in [0.29, 0.717) is 0 Å². The van der Waals surface area contributed by atoms with Gasteiger partial charge in [-0.05, 0) is 25.1 Å². The highest BCUT2D eigenvalue weighted by atomic mass is 35.5. The molecule has 0 fully saturated rings. The Balaban J connectivity index is 2.70. The van der Waals surface area contributed by atoms with Crippen LogP contribution >= 0.6 is 11.6 Å². The number of carboxylic acid groups (broad SMARTS) is 1. The van der Waals surface area contributed by atoms with Crippen LogP contribution in [0, 0.1) is 0 Å². The van der Waals surface area contributed by atoms with Gasteiger partial charge in [0.1, 0.15) is 5.75 Å². The molecule has 1 rings (SSSR count). The zero-order chi connectivity index (χ0) is 13.0. The van der Waals surface area contributed by atoms with Gasteiger partial charge in [-0.25, -0.2) is 0 Å². The Bertz CT molecular complexity index is 447. The summed E-state index contributed by atoms with van der Waals surface area (Å²) < 4.78 is 0. The average Bonchev–Trinajstić information content (AvgIpc) is 2.20. The molecule has 0 saturated heterocycles. The second-order valence-corrected chi connectivity index (χ2v) is 4.05. The van der Waals surface area contributed by atoms with Gasteiger partial charge in [-0.2, -0.15) is 0 Å². The average molecular weight is 258 g/mol. The van der Waals surface area contributed by atoms with Gasteiger partial charge in [0, 0.05) is 11.6 Å². The number of hydrogen-bond donors (Lipinski definition) is 3. The van der Waals surface area contributed by atoms with Crippen molar-refractivity contribution in [3.8, 4) is 5.75 Å². The highest BCUT2D eigenvalue weighted by Crippen LogP contribution is 2.23. The van der Waals surface area contributed by atoms with Crippen molar-refractivity contribution in [1.82, 2.24) is 5.32 Å². The van der Waals surface area contributed by atoms with Gasteiger partial charge in [-0.1, -0.05) is 11.6 Å². The fourth-order valence-corrected chi connectivity index (χ4v) is 1.45. The Morgan fingerprint density at radius 1 is 1.47 bits per heavy atom. The Morgan fingerprint density at radius 3 is 2.65 bits per heavy atom. The molecule has 0 spiro atoms. The lowest BCUT2D eigenvalue weighted by atomic mass is 10.1. The smallest absolute Gasteiger partial charge is 0.305 e. The van der Waals surface area contributed by atoms with E-state index in [1.54, 1.807) is 6.92 Å². The zero-order valence-corrected chi connectivity index (χ0v) is 9.86. The Labute approximate surface area is 103 Å². The maximum absolute atomic E-state index is 11.7. The highest BCUT2D eigenvalue weighted by Gasteiger charge is 2.13. The number of phenolic OH excluding ortho intramolecular Hbond substituents is 1. The minimum atomic E-state index is -0.985. The van der Waals surface area contributed by atoms with Crippen LogP contribution in [0.3, 0.4) is 0 Å². The van der Waals surface area contributed by atoms with Crippen molar-refractivity contribution >= 4 is 23.5 Å². The lowest BCUT2D eigenvalue weighted by molar-refractivity contribution is -0.137. The van der Waals surface area contributed by atoms with Crippen molar-refractivity contribution in [2.75, 3.05) is 0 Å². The first-order valence-corrected chi connectivity index (χ1v) is 5.29. The van der Waals surface area contributed by atoms with E-state index < -0.39 is 17.9 Å². The minimum absolute atomic E-state index is 0.0727. The third-order valence-corrected chi connectivity index (χ3v) is 2.37. The van der Waals surface area contributed by atoms with Crippen LogP contribution in [0.4, 0.5) is 0 Å². The molecule has 3 N–H and O–H groups in total. The SMILES string of the molecule is CC(CC(=O)O)NC(=O)c1ccc(O)c(Cl)c1. The van der Waals surface area contributed by atoms with E-state index in [0.717, 1.165) is 0 Å². The summed E-state index contributed by atoms with van der Waals surface area (Å²) in [4.78, 5) is 22.1. The molecule has 0 aromatic heterocycles. The number of carbonyl (C=O) groups is 2. The van der Waals surface area contributed by atoms with Crippen molar-refractivity contribution < 1.29 is 19.8 Å². The fraction of sp³-hybridized carbons (Fsp3) is 0.273. The van der Waals surface area contributed by atoms with Crippen LogP contribution in [0.5, 0.6) is 5.75 Å². The number of halogens is 1. The molecule has 1 unspecified atom stereocenters. The first-order chi connectivity index (χ1) is 7.90. The van der Waals surface area contributed by atoms with Crippen LogP contribution in [0.2, 0.25) is 5.02 Å². The van der Waals surface area contributed by atoms with Crippen molar-refractivity contribution in [2.45, 2.75) is 19.4 Å². The Hall–Kier alpha value is -1.75. The van der Waals surface area contributed by atoms with E-state index in [1.165, 1.54) is 18.2 Å². The molecule has 1 atom stereocenters. The molecule has 0 bridgehead atoms. The Kier molecular flexibility index (Phi) is 4.34. The van der Waals surface area contributed by atoms with Crippen molar-refractivity contribution in [1.29, 1.82) is 0 Å². The summed E-state index contributed by atoms with van der Waals surface area (Å²) in [7, 11) is 0. The first-order valence-electron chi connectivity index (χ1n) is 4.91. The summed E-state index contributed by atoms with van der Waals surface area (Å²) in [6.07, 6.45) is -0.155. The summed E-state index contributed by atoms with van der Waals surface area (Å²) >= 11 is 5.65. The fourth-order valence-electron chi connectivity index (χ4n) is 1.27. The van der Waals surface area contributed by atoms with Gasteiger partial charge in [0.25, 0.3) is 5.91 Å². The molecule has 0 heterocycles. The molecule has 0 aliphatic rings. The molecule has 1 amide bonds. The number of amides is 1. The molecule has 1 aromatic carbocycles. The first kappa shape index (κ1) is 13.3. The number of nitrogens with one attached hydrogen (secondary N) is 1. The summed E-state index contributed by atoms with van der Waals surface area (Å²) in [6, 6.07) is 3.55. The highest BCUT2D eigenvalue weighted by molar-refractivity contribution is 6.32. The zero-order valence-electron chi connectivity index (χ0n) is 9.11. The second kappa shape index (κ2) is 5.54. The molecule has 92 valence electrons. The van der Waals surface area contributed by atoms with Gasteiger partial charge >= 0.3 is 5.97 Å². The molecular weight excluding hydrogens is 246 g/mol. The summed E-state index contributed by atoms with van der Waals surface area (Å²) in [5.41, 5.74) is 0.269. The van der Waals surface area contributed by atoms with Crippen LogP contribution < -0.4 is 5.32 Å². The predicted molar refractivity (Wildman–Crippen MR) is 62.3 cm³/mol. The summed E-state index contributed by atoms with van der Waals surface area (Å²) in [5.74, 6) is -1.52. The number of carboxylic acids is 1. The number of aromatic hydroxyl groups is 1. The number of rotatable bonds is 4. The molecule has 0 aliphatic heterocycles. The lowest BCUT2D eigenvalue weighted by Gasteiger charge is -2.11. The third kappa shape index (κ3) is 3.96. The van der Waals surface area contributed by atoms with E-state index in [1.807, 2.05) is 0 Å². The number of phenols is 1. The van der Waals surface area contributed by atoms with Gasteiger partial charge in [-0.15, -0.1) is 0 Å². The number of aliphatic carboxylic acids is 1. The molecule has 6 heteroatoms. The molecule has 1 aromatic rings. The number of benzene rings is 1. The van der Waals surface area contributed by atoms with Crippen molar-refractivity contribution in [3.63, 3.8) is 0 Å². The van der Waals surface area contributed by atoms with Crippen LogP contribution in [-0.2, 0) is 4.79 Å². The van der Waals surface area contributed by atoms with E-state index in [2.05, 4.69) is 5.32 Å². The van der Waals surface area contributed by atoms with Crippen LogP contribution in [0.15, 0.2) is 18.2 Å². The van der Waals surface area contributed by atoms with Gasteiger partial charge in [0.15, 0.2) is 0 Å². The minimum Gasteiger partial charge on any atom is -0.506 e. The lowest BCUT2D eigenvalue weighted by Crippen LogP contribution is -2.34. The number of hydrogen-bond acceptors (Lipinski definition) is 3. The molecule has 0 aliphatic carbocycles. The monoisotopic (exact) mass is 257 g/mol. The topological polar surface area (TPSA) is 86.6 Å². The predicted octanol–water partition coefficient (Wildman–Crippen LogP) is 1.64. The van der Waals surface area contributed by atoms with Gasteiger partial charge in [0.2, 0.25) is 0 Å². The van der Waals surface area contributed by atoms with Crippen molar-refractivity contribution in [2.24, 2.45) is 0 Å². The normalized spacial score (nSPS) is 11.9. The second-order valence-electron chi connectivity index (χ2n) is 3.64. The third-order valence-electron chi connectivity index (χ3n) is 2.07. The number of carbonyl (C=O) groups excluding carboxylic acids is 1. The van der Waals surface area contributed by atoms with Crippen molar-refractivity contribution in [3.05, 3.63) is 28.8 Å². The molecule has 5 nitrogen and oxygen atoms in total. The maximum Gasteiger partial charge on any atom is 0.305 e. The van der Waals surface area contributed by atoms with E-state index in [-0.39, 0.29) is 22.8 Å². The van der Waals surface area contributed by atoms with Crippen LogP contribution in [0.25, 0.3) is 0 Å². The van der Waals surface area contributed by atoms with E-state index in [4.69, 9.17) is 16.7 Å². The molecule has 17 heavy (non-hydrogen) atoms. The quantitative estimate of drug-likeness (QED) is 0.765. The van der Waals surface area contributed by atoms with E-state index in [9.17, 15) is 14.7 Å². The van der Waals surface area contributed by atoms with Gasteiger partial charge < -0.3 is 15.5 Å².